The van der Waals surface area contributed by atoms with E-state index < -0.39 is 12.0 Å². The van der Waals surface area contributed by atoms with Crippen LogP contribution in [0.15, 0.2) is 91.0 Å². The first-order chi connectivity index (χ1) is 18.2. The molecular weight excluding hydrogens is 540 g/mol. The summed E-state index contributed by atoms with van der Waals surface area (Å²) in [4.78, 5) is 33.2. The third kappa shape index (κ3) is 5.16. The van der Waals surface area contributed by atoms with Crippen LogP contribution in [0.1, 0.15) is 38.1 Å². The molecule has 1 atom stereocenters. The number of nitrogens with zero attached hydrogens (tertiary/aromatic N) is 2. The molecular formula is C29H25ClN2O4S2. The lowest BCUT2D eigenvalue weighted by Crippen LogP contribution is -2.40. The Labute approximate surface area is 232 Å². The van der Waals surface area contributed by atoms with E-state index in [9.17, 15) is 9.59 Å². The lowest BCUT2D eigenvalue weighted by molar-refractivity contribution is -0.143. The second-order valence-corrected chi connectivity index (χ2v) is 11.3. The molecule has 0 N–H and O–H groups in total. The number of benzene rings is 2. The molecule has 5 rings (SSSR count). The van der Waals surface area contributed by atoms with Gasteiger partial charge in [0, 0.05) is 21.6 Å². The number of thioether (sulfide) groups is 1. The molecule has 2 aromatic heterocycles. The van der Waals surface area contributed by atoms with Crippen LogP contribution >= 0.6 is 34.7 Å². The van der Waals surface area contributed by atoms with Crippen molar-refractivity contribution in [2.45, 2.75) is 37.8 Å². The SMILES string of the molecule is CSc1ccc(C2C(C(=O)OC(C)C)=C(C)N=c3s/c(=C/c4ccc(-c5ccc(Cl)cc5)o4)c(=O)n32)cc1. The van der Waals surface area contributed by atoms with Gasteiger partial charge >= 0.3 is 5.97 Å². The molecule has 0 spiro atoms. The van der Waals surface area contributed by atoms with E-state index in [4.69, 9.17) is 20.8 Å². The van der Waals surface area contributed by atoms with E-state index in [-0.39, 0.29) is 11.7 Å². The van der Waals surface area contributed by atoms with Crippen LogP contribution in [0, 0.1) is 0 Å². The van der Waals surface area contributed by atoms with Gasteiger partial charge < -0.3 is 9.15 Å². The Morgan fingerprint density at radius 1 is 1.13 bits per heavy atom. The molecule has 0 saturated heterocycles. The first-order valence-corrected chi connectivity index (χ1v) is 14.4. The average Bonchev–Trinajstić information content (AvgIpc) is 3.47. The van der Waals surface area contributed by atoms with Gasteiger partial charge in [0.2, 0.25) is 0 Å². The summed E-state index contributed by atoms with van der Waals surface area (Å²) in [6.07, 6.45) is 3.41. The van der Waals surface area contributed by atoms with Crippen molar-refractivity contribution in [3.8, 4) is 11.3 Å². The van der Waals surface area contributed by atoms with Gasteiger partial charge in [0.15, 0.2) is 4.80 Å². The zero-order valence-electron chi connectivity index (χ0n) is 21.2. The summed E-state index contributed by atoms with van der Waals surface area (Å²) >= 11 is 8.89. The van der Waals surface area contributed by atoms with E-state index >= 15 is 0 Å². The summed E-state index contributed by atoms with van der Waals surface area (Å²) in [5, 5.41) is 0.645. The summed E-state index contributed by atoms with van der Waals surface area (Å²) in [6.45, 7) is 5.38. The topological polar surface area (TPSA) is 73.8 Å². The van der Waals surface area contributed by atoms with Crippen LogP contribution in [0.25, 0.3) is 17.4 Å². The summed E-state index contributed by atoms with van der Waals surface area (Å²) in [6, 6.07) is 18.2. The standard InChI is InChI=1S/C29H25ClN2O4S2/c1-16(2)35-28(34)25-17(3)31-29-32(26(25)19-7-12-22(37-4)13-8-19)27(33)24(38-29)15-21-11-14-23(36-21)18-5-9-20(30)10-6-18/h5-16,26H,1-4H3/b24-15+. The number of thiazole rings is 1. The Morgan fingerprint density at radius 2 is 1.84 bits per heavy atom. The molecule has 4 aromatic rings. The number of carbonyl (C=O) groups is 1. The van der Waals surface area contributed by atoms with Gasteiger partial charge in [0.1, 0.15) is 11.5 Å². The molecule has 3 heterocycles. The van der Waals surface area contributed by atoms with E-state index in [1.54, 1.807) is 55.3 Å². The average molecular weight is 565 g/mol. The van der Waals surface area contributed by atoms with Crippen molar-refractivity contribution < 1.29 is 13.9 Å². The zero-order chi connectivity index (χ0) is 27.0. The number of rotatable bonds is 6. The maximum Gasteiger partial charge on any atom is 0.338 e. The summed E-state index contributed by atoms with van der Waals surface area (Å²) in [7, 11) is 0. The molecule has 1 aliphatic heterocycles. The lowest BCUT2D eigenvalue weighted by Gasteiger charge is -2.25. The molecule has 0 radical (unpaired) electrons. The Morgan fingerprint density at radius 3 is 2.50 bits per heavy atom. The highest BCUT2D eigenvalue weighted by molar-refractivity contribution is 7.98. The lowest BCUT2D eigenvalue weighted by atomic mass is 9.96. The Balaban J connectivity index is 1.62. The Kier molecular flexibility index (Phi) is 7.47. The minimum absolute atomic E-state index is 0.250. The molecule has 0 amide bonds. The highest BCUT2D eigenvalue weighted by Gasteiger charge is 2.33. The fraction of sp³-hybridized carbons (Fsp3) is 0.207. The van der Waals surface area contributed by atoms with Crippen molar-refractivity contribution in [2.24, 2.45) is 4.99 Å². The number of esters is 1. The first-order valence-electron chi connectivity index (χ1n) is 12.0. The Hall–Kier alpha value is -3.33. The summed E-state index contributed by atoms with van der Waals surface area (Å²) in [5.74, 6) is 0.728. The number of allylic oxidation sites excluding steroid dienone is 1. The first kappa shape index (κ1) is 26.3. The van der Waals surface area contributed by atoms with Gasteiger partial charge in [-0.15, -0.1) is 11.8 Å². The molecule has 0 aliphatic carbocycles. The van der Waals surface area contributed by atoms with Crippen LogP contribution in [0.3, 0.4) is 0 Å². The number of fused-ring (bicyclic) bond motifs is 1. The second kappa shape index (κ2) is 10.8. The molecule has 0 bridgehead atoms. The summed E-state index contributed by atoms with van der Waals surface area (Å²) < 4.78 is 13.6. The third-order valence-corrected chi connectivity index (χ3v) is 8.02. The van der Waals surface area contributed by atoms with Crippen molar-refractivity contribution in [1.29, 1.82) is 0 Å². The number of hydrogen-bond acceptors (Lipinski definition) is 7. The number of aromatic nitrogens is 1. The number of halogens is 1. The van der Waals surface area contributed by atoms with Gasteiger partial charge in [-0.05, 0) is 81.1 Å². The minimum atomic E-state index is -0.656. The smallest absolute Gasteiger partial charge is 0.338 e. The van der Waals surface area contributed by atoms with E-state index in [0.717, 1.165) is 16.0 Å². The Bertz CT molecular complexity index is 1710. The highest BCUT2D eigenvalue weighted by Crippen LogP contribution is 2.32. The van der Waals surface area contributed by atoms with Crippen LogP contribution in [-0.4, -0.2) is 22.9 Å². The zero-order valence-corrected chi connectivity index (χ0v) is 23.6. The van der Waals surface area contributed by atoms with Crippen molar-refractivity contribution in [1.82, 2.24) is 4.57 Å². The molecule has 1 unspecified atom stereocenters. The van der Waals surface area contributed by atoms with E-state index in [1.807, 2.05) is 54.8 Å². The molecule has 2 aromatic carbocycles. The molecule has 6 nitrogen and oxygen atoms in total. The van der Waals surface area contributed by atoms with Crippen LogP contribution in [0.2, 0.25) is 5.02 Å². The van der Waals surface area contributed by atoms with Crippen LogP contribution in [-0.2, 0) is 9.53 Å². The maximum absolute atomic E-state index is 13.8. The van der Waals surface area contributed by atoms with Crippen LogP contribution < -0.4 is 14.9 Å². The van der Waals surface area contributed by atoms with Gasteiger partial charge in [-0.1, -0.05) is 35.1 Å². The largest absolute Gasteiger partial charge is 0.459 e. The van der Waals surface area contributed by atoms with Crippen molar-refractivity contribution in [3.63, 3.8) is 0 Å². The highest BCUT2D eigenvalue weighted by atomic mass is 35.5. The third-order valence-electron chi connectivity index (χ3n) is 6.04. The minimum Gasteiger partial charge on any atom is -0.459 e. The maximum atomic E-state index is 13.8. The second-order valence-electron chi connectivity index (χ2n) is 9.02. The van der Waals surface area contributed by atoms with Gasteiger partial charge in [0.05, 0.1) is 27.9 Å². The molecule has 9 heteroatoms. The van der Waals surface area contributed by atoms with Crippen LogP contribution in [0.4, 0.5) is 0 Å². The molecule has 194 valence electrons. The molecule has 0 saturated carbocycles. The molecule has 38 heavy (non-hydrogen) atoms. The van der Waals surface area contributed by atoms with E-state index in [2.05, 4.69) is 4.99 Å². The van der Waals surface area contributed by atoms with Gasteiger partial charge in [-0.2, -0.15) is 0 Å². The predicted molar refractivity (Wildman–Crippen MR) is 152 cm³/mol. The van der Waals surface area contributed by atoms with Gasteiger partial charge in [-0.3, -0.25) is 9.36 Å². The normalized spacial score (nSPS) is 15.5. The van der Waals surface area contributed by atoms with E-state index in [1.165, 1.54) is 11.3 Å². The monoisotopic (exact) mass is 564 g/mol. The van der Waals surface area contributed by atoms with Gasteiger partial charge in [-0.25, -0.2) is 9.79 Å². The van der Waals surface area contributed by atoms with Crippen molar-refractivity contribution >= 4 is 46.7 Å². The number of hydrogen-bond donors (Lipinski definition) is 0. The fourth-order valence-corrected chi connectivity index (χ4v) is 5.85. The fourth-order valence-electron chi connectivity index (χ4n) is 4.29. The summed E-state index contributed by atoms with van der Waals surface area (Å²) in [5.41, 5.74) is 2.33. The van der Waals surface area contributed by atoms with Crippen LogP contribution in [0.5, 0.6) is 0 Å². The van der Waals surface area contributed by atoms with Crippen molar-refractivity contribution in [3.05, 3.63) is 108 Å². The number of ether oxygens (including phenoxy) is 1. The molecule has 0 fully saturated rings. The van der Waals surface area contributed by atoms with Gasteiger partial charge in [0.25, 0.3) is 5.56 Å². The molecule has 1 aliphatic rings. The van der Waals surface area contributed by atoms with E-state index in [0.29, 0.717) is 37.1 Å². The quantitative estimate of drug-likeness (QED) is 0.218. The predicted octanol–water partition coefficient (Wildman–Crippen LogP) is 5.82. The number of carbonyl (C=O) groups excluding carboxylic acids is 1. The number of furan rings is 1. The van der Waals surface area contributed by atoms with Crippen molar-refractivity contribution in [2.75, 3.05) is 6.26 Å².